The molecule has 0 unspecified atom stereocenters. The van der Waals surface area contributed by atoms with Crippen LogP contribution >= 0.6 is 11.3 Å². The lowest BCUT2D eigenvalue weighted by Gasteiger charge is -2.18. The van der Waals surface area contributed by atoms with E-state index in [1.807, 2.05) is 0 Å². The van der Waals surface area contributed by atoms with E-state index in [1.54, 1.807) is 34.6 Å². The minimum absolute atomic E-state index is 0.253. The third kappa shape index (κ3) is 3.73. The van der Waals surface area contributed by atoms with Crippen molar-refractivity contribution in [2.24, 2.45) is 0 Å². The molecule has 2 rings (SSSR count). The summed E-state index contributed by atoms with van der Waals surface area (Å²) in [5.41, 5.74) is 0.166. The van der Waals surface area contributed by atoms with Crippen LogP contribution in [0.2, 0.25) is 0 Å². The summed E-state index contributed by atoms with van der Waals surface area (Å²) in [5, 5.41) is 0.339. The van der Waals surface area contributed by atoms with Crippen molar-refractivity contribution in [1.29, 1.82) is 0 Å². The second kappa shape index (κ2) is 7.77. The lowest BCUT2D eigenvalue weighted by atomic mass is 10.2. The number of aryl methyl sites for hydroxylation is 1. The predicted octanol–water partition coefficient (Wildman–Crippen LogP) is 2.85. The Morgan fingerprint density at radius 2 is 2.00 bits per heavy atom. The number of nitrogens with zero attached hydrogens (tertiary/aromatic N) is 2. The first-order valence-corrected chi connectivity index (χ1v) is 9.01. The van der Waals surface area contributed by atoms with Crippen LogP contribution in [0, 0.1) is 6.92 Å². The van der Waals surface area contributed by atoms with Gasteiger partial charge in [0.15, 0.2) is 0 Å². The van der Waals surface area contributed by atoms with Crippen molar-refractivity contribution < 1.29 is 19.1 Å². The average Bonchev–Trinajstić information content (AvgIpc) is 2.87. The Morgan fingerprint density at radius 1 is 1.32 bits per heavy atom. The molecule has 0 aliphatic heterocycles. The minimum Gasteiger partial charge on any atom is -0.462 e. The van der Waals surface area contributed by atoms with Crippen molar-refractivity contribution >= 4 is 33.5 Å². The Hall–Kier alpha value is -2.22. The van der Waals surface area contributed by atoms with Crippen LogP contribution < -0.4 is 5.56 Å². The first-order valence-electron chi connectivity index (χ1n) is 8.19. The zero-order valence-electron chi connectivity index (χ0n) is 15.0. The van der Waals surface area contributed by atoms with Crippen LogP contribution in [0.15, 0.2) is 11.1 Å². The van der Waals surface area contributed by atoms with Crippen molar-refractivity contribution in [2.75, 3.05) is 6.61 Å². The van der Waals surface area contributed by atoms with Crippen LogP contribution in [0.5, 0.6) is 0 Å². The van der Waals surface area contributed by atoms with Gasteiger partial charge >= 0.3 is 11.9 Å². The van der Waals surface area contributed by atoms with Gasteiger partial charge in [-0.1, -0.05) is 6.92 Å². The molecule has 136 valence electrons. The first-order chi connectivity index (χ1) is 11.8. The van der Waals surface area contributed by atoms with Crippen LogP contribution in [0.1, 0.15) is 55.4 Å². The zero-order chi connectivity index (χ0) is 18.7. The summed E-state index contributed by atoms with van der Waals surface area (Å²) >= 11 is 1.12. The normalized spacial score (nSPS) is 12.4. The van der Waals surface area contributed by atoms with Crippen LogP contribution in [-0.4, -0.2) is 34.2 Å². The number of ether oxygens (including phenoxy) is 2. The van der Waals surface area contributed by atoms with E-state index in [-0.39, 0.29) is 18.3 Å². The third-order valence-corrected chi connectivity index (χ3v) is 4.86. The van der Waals surface area contributed by atoms with E-state index in [4.69, 9.17) is 9.47 Å². The molecule has 2 heterocycles. The van der Waals surface area contributed by atoms with E-state index in [1.165, 1.54) is 10.9 Å². The minimum atomic E-state index is -0.753. The Balaban J connectivity index is 2.55. The summed E-state index contributed by atoms with van der Waals surface area (Å²) in [6.07, 6.45) is 1.46. The van der Waals surface area contributed by atoms with Crippen LogP contribution in [0.4, 0.5) is 0 Å². The highest BCUT2D eigenvalue weighted by Crippen LogP contribution is 2.28. The lowest BCUT2D eigenvalue weighted by Crippen LogP contribution is -2.32. The monoisotopic (exact) mass is 366 g/mol. The summed E-state index contributed by atoms with van der Waals surface area (Å²) in [6.45, 7) is 8.97. The van der Waals surface area contributed by atoms with Crippen molar-refractivity contribution in [3.8, 4) is 0 Å². The molecule has 0 radical (unpaired) electrons. The molecule has 0 spiro atoms. The van der Waals surface area contributed by atoms with Gasteiger partial charge in [0.2, 0.25) is 0 Å². The van der Waals surface area contributed by atoms with Gasteiger partial charge < -0.3 is 9.47 Å². The van der Waals surface area contributed by atoms with Gasteiger partial charge in [0.05, 0.1) is 24.4 Å². The number of aromatic nitrogens is 2. The average molecular weight is 366 g/mol. The highest BCUT2D eigenvalue weighted by molar-refractivity contribution is 7.20. The Morgan fingerprint density at radius 3 is 2.56 bits per heavy atom. The molecule has 8 heteroatoms. The number of carbonyl (C=O) groups excluding carboxylic acids is 2. The fraction of sp³-hybridized carbons (Fsp3) is 0.529. The molecule has 1 atom stereocenters. The highest BCUT2D eigenvalue weighted by Gasteiger charge is 2.26. The van der Waals surface area contributed by atoms with Gasteiger partial charge in [0, 0.05) is 0 Å². The van der Waals surface area contributed by atoms with Gasteiger partial charge in [-0.3, -0.25) is 9.36 Å². The molecule has 7 nitrogen and oxygen atoms in total. The number of carbonyl (C=O) groups is 2. The first kappa shape index (κ1) is 19.1. The van der Waals surface area contributed by atoms with Crippen molar-refractivity contribution in [2.45, 2.75) is 53.2 Å². The molecule has 0 N–H and O–H groups in total. The third-order valence-electron chi connectivity index (χ3n) is 3.68. The quantitative estimate of drug-likeness (QED) is 0.731. The molecular weight excluding hydrogens is 344 g/mol. The predicted molar refractivity (Wildman–Crippen MR) is 95.1 cm³/mol. The number of rotatable bonds is 6. The summed E-state index contributed by atoms with van der Waals surface area (Å²) in [5.74, 6) is -0.945. The number of hydrogen-bond donors (Lipinski definition) is 0. The summed E-state index contributed by atoms with van der Waals surface area (Å²) in [6, 6.07) is -0.753. The Labute approximate surface area is 149 Å². The summed E-state index contributed by atoms with van der Waals surface area (Å²) in [4.78, 5) is 42.3. The molecule has 0 fully saturated rings. The van der Waals surface area contributed by atoms with Gasteiger partial charge in [-0.15, -0.1) is 11.3 Å². The Kier molecular flexibility index (Phi) is 5.94. The van der Waals surface area contributed by atoms with E-state index in [2.05, 4.69) is 4.98 Å². The molecule has 2 aromatic rings. The summed E-state index contributed by atoms with van der Waals surface area (Å²) in [7, 11) is 0. The second-order valence-corrected chi connectivity index (χ2v) is 6.82. The molecule has 0 amide bonds. The van der Waals surface area contributed by atoms with E-state index in [0.29, 0.717) is 27.1 Å². The molecule has 2 aromatic heterocycles. The van der Waals surface area contributed by atoms with Crippen LogP contribution in [0.25, 0.3) is 10.2 Å². The number of hydrogen-bond acceptors (Lipinski definition) is 7. The number of fused-ring (bicyclic) bond motifs is 1. The van der Waals surface area contributed by atoms with E-state index >= 15 is 0 Å². The van der Waals surface area contributed by atoms with Gasteiger partial charge in [-0.05, 0) is 39.7 Å². The molecular formula is C17H22N2O5S. The molecule has 25 heavy (non-hydrogen) atoms. The topological polar surface area (TPSA) is 87.5 Å². The Bertz CT molecular complexity index is 853. The second-order valence-electron chi connectivity index (χ2n) is 5.82. The van der Waals surface area contributed by atoms with Gasteiger partial charge in [0.25, 0.3) is 5.56 Å². The maximum Gasteiger partial charge on any atom is 0.348 e. The molecule has 0 saturated carbocycles. The number of thiophene rings is 1. The maximum absolute atomic E-state index is 12.9. The van der Waals surface area contributed by atoms with Gasteiger partial charge in [0.1, 0.15) is 15.7 Å². The zero-order valence-corrected chi connectivity index (χ0v) is 15.8. The molecule has 0 aliphatic rings. The molecule has 0 aliphatic carbocycles. The van der Waals surface area contributed by atoms with Crippen molar-refractivity contribution in [1.82, 2.24) is 9.55 Å². The fourth-order valence-electron chi connectivity index (χ4n) is 2.54. The molecule has 0 aromatic carbocycles. The van der Waals surface area contributed by atoms with E-state index in [0.717, 1.165) is 11.3 Å². The van der Waals surface area contributed by atoms with Crippen molar-refractivity contribution in [3.05, 3.63) is 27.1 Å². The molecule has 0 bridgehead atoms. The standard InChI is InChI=1S/C17H22N2O5S/c1-6-11(16(21)24-9(3)4)19-8-18-14-12(15(19)20)10(5)13(25-14)17(22)23-7-2/h8-9,11H,6-7H2,1-5H3/t11-/m1/s1. The van der Waals surface area contributed by atoms with Gasteiger partial charge in [-0.2, -0.15) is 0 Å². The smallest absolute Gasteiger partial charge is 0.348 e. The maximum atomic E-state index is 12.9. The lowest BCUT2D eigenvalue weighted by molar-refractivity contribution is -0.151. The van der Waals surface area contributed by atoms with Gasteiger partial charge in [-0.25, -0.2) is 14.6 Å². The van der Waals surface area contributed by atoms with Crippen LogP contribution in [-0.2, 0) is 14.3 Å². The van der Waals surface area contributed by atoms with E-state index in [9.17, 15) is 14.4 Å². The van der Waals surface area contributed by atoms with Crippen molar-refractivity contribution in [3.63, 3.8) is 0 Å². The summed E-state index contributed by atoms with van der Waals surface area (Å²) < 4.78 is 11.5. The van der Waals surface area contributed by atoms with E-state index < -0.39 is 18.0 Å². The highest BCUT2D eigenvalue weighted by atomic mass is 32.1. The largest absolute Gasteiger partial charge is 0.462 e. The number of esters is 2. The fourth-order valence-corrected chi connectivity index (χ4v) is 3.57. The molecule has 0 saturated heterocycles. The SMILES string of the molecule is CCOC(=O)c1sc2ncn([C@H](CC)C(=O)OC(C)C)c(=O)c2c1C. The van der Waals surface area contributed by atoms with Crippen LogP contribution in [0.3, 0.4) is 0 Å².